The molecule has 2 aromatic carbocycles. The van der Waals surface area contributed by atoms with Gasteiger partial charge in [-0.1, -0.05) is 30.3 Å². The maximum Gasteiger partial charge on any atom is 0.441 e. The average molecular weight is 309 g/mol. The molecule has 1 aliphatic rings. The fourth-order valence-electron chi connectivity index (χ4n) is 2.62. The van der Waals surface area contributed by atoms with Crippen molar-refractivity contribution in [1.82, 2.24) is 0 Å². The van der Waals surface area contributed by atoms with Gasteiger partial charge in [-0.25, -0.2) is 0 Å². The van der Waals surface area contributed by atoms with E-state index in [-0.39, 0.29) is 17.5 Å². The molecule has 1 aliphatic carbocycles. The number of benzene rings is 2. The van der Waals surface area contributed by atoms with Crippen molar-refractivity contribution in [3.05, 3.63) is 53.6 Å². The second-order valence-electron chi connectivity index (χ2n) is 4.93. The van der Waals surface area contributed by atoms with E-state index in [0.29, 0.717) is 6.54 Å². The summed E-state index contributed by atoms with van der Waals surface area (Å²) in [5.41, 5.74) is 1.74. The topological polar surface area (TPSA) is 12.0 Å². The van der Waals surface area contributed by atoms with Gasteiger partial charge in [0, 0.05) is 18.0 Å². The first-order chi connectivity index (χ1) is 10.0. The lowest BCUT2D eigenvalue weighted by Crippen LogP contribution is -2.09. The van der Waals surface area contributed by atoms with E-state index in [0.717, 1.165) is 12.1 Å². The number of rotatable bonds is 4. The molecule has 1 N–H and O–H groups in total. The Kier molecular flexibility index (Phi) is 3.85. The SMILES string of the molecule is FC(F)(F)SCCNc1ccc2c(c1)Cc1ccccc1-2. The predicted molar refractivity (Wildman–Crippen MR) is 81.7 cm³/mol. The molecule has 0 aromatic heterocycles. The van der Waals surface area contributed by atoms with Gasteiger partial charge in [-0.05, 0) is 52.6 Å². The molecule has 21 heavy (non-hydrogen) atoms. The van der Waals surface area contributed by atoms with Crippen molar-refractivity contribution in [1.29, 1.82) is 0 Å². The highest BCUT2D eigenvalue weighted by Crippen LogP contribution is 2.37. The van der Waals surface area contributed by atoms with Gasteiger partial charge in [0.15, 0.2) is 0 Å². The summed E-state index contributed by atoms with van der Waals surface area (Å²) < 4.78 is 36.1. The van der Waals surface area contributed by atoms with E-state index in [9.17, 15) is 13.2 Å². The van der Waals surface area contributed by atoms with Crippen LogP contribution in [0.1, 0.15) is 11.1 Å². The van der Waals surface area contributed by atoms with E-state index < -0.39 is 5.51 Å². The van der Waals surface area contributed by atoms with E-state index in [1.54, 1.807) is 0 Å². The predicted octanol–water partition coefficient (Wildman–Crippen LogP) is 4.92. The van der Waals surface area contributed by atoms with Crippen LogP contribution in [0.25, 0.3) is 11.1 Å². The highest BCUT2D eigenvalue weighted by atomic mass is 32.2. The van der Waals surface area contributed by atoms with Gasteiger partial charge >= 0.3 is 5.51 Å². The van der Waals surface area contributed by atoms with Crippen LogP contribution in [0.5, 0.6) is 0 Å². The lowest BCUT2D eigenvalue weighted by atomic mass is 10.1. The molecular formula is C16H14F3NS. The van der Waals surface area contributed by atoms with Crippen molar-refractivity contribution in [2.75, 3.05) is 17.6 Å². The zero-order valence-electron chi connectivity index (χ0n) is 11.2. The molecule has 0 unspecified atom stereocenters. The van der Waals surface area contributed by atoms with Gasteiger partial charge in [0.25, 0.3) is 0 Å². The summed E-state index contributed by atoms with van der Waals surface area (Å²) in [7, 11) is 0. The Morgan fingerprint density at radius 2 is 1.76 bits per heavy atom. The highest BCUT2D eigenvalue weighted by Gasteiger charge is 2.27. The third kappa shape index (κ3) is 3.35. The molecule has 0 amide bonds. The number of anilines is 1. The molecule has 0 fully saturated rings. The van der Waals surface area contributed by atoms with E-state index in [4.69, 9.17) is 0 Å². The number of hydrogen-bond donors (Lipinski definition) is 1. The smallest absolute Gasteiger partial charge is 0.384 e. The van der Waals surface area contributed by atoms with Crippen molar-refractivity contribution in [2.24, 2.45) is 0 Å². The third-order valence-electron chi connectivity index (χ3n) is 3.49. The summed E-state index contributed by atoms with van der Waals surface area (Å²) in [5.74, 6) is 0.0147. The summed E-state index contributed by atoms with van der Waals surface area (Å²) in [6.45, 7) is 0.301. The minimum Gasteiger partial charge on any atom is -0.384 e. The Balaban J connectivity index is 1.64. The molecule has 3 rings (SSSR count). The Hall–Kier alpha value is -1.62. The molecule has 0 heterocycles. The van der Waals surface area contributed by atoms with Crippen molar-refractivity contribution < 1.29 is 13.2 Å². The summed E-state index contributed by atoms with van der Waals surface area (Å²) >= 11 is 0.00556. The normalized spacial score (nSPS) is 12.9. The van der Waals surface area contributed by atoms with Crippen molar-refractivity contribution in [2.45, 2.75) is 11.9 Å². The first kappa shape index (κ1) is 14.3. The van der Waals surface area contributed by atoms with Crippen molar-refractivity contribution in [3.8, 4) is 11.1 Å². The van der Waals surface area contributed by atoms with Gasteiger partial charge in [-0.2, -0.15) is 13.2 Å². The summed E-state index contributed by atoms with van der Waals surface area (Å²) in [6, 6.07) is 14.3. The van der Waals surface area contributed by atoms with Crippen LogP contribution in [-0.4, -0.2) is 17.8 Å². The molecule has 110 valence electrons. The fourth-order valence-corrected chi connectivity index (χ4v) is 3.05. The van der Waals surface area contributed by atoms with E-state index in [2.05, 4.69) is 17.4 Å². The first-order valence-corrected chi connectivity index (χ1v) is 7.67. The number of hydrogen-bond acceptors (Lipinski definition) is 2. The Labute approximate surface area is 125 Å². The molecule has 1 nitrogen and oxygen atoms in total. The Morgan fingerprint density at radius 1 is 1.00 bits per heavy atom. The first-order valence-electron chi connectivity index (χ1n) is 6.69. The van der Waals surface area contributed by atoms with E-state index in [1.165, 1.54) is 22.3 Å². The molecule has 0 radical (unpaired) electrons. The Morgan fingerprint density at radius 3 is 2.57 bits per heavy atom. The summed E-state index contributed by atoms with van der Waals surface area (Å²) in [5, 5.41) is 3.05. The standard InChI is InChI=1S/C16H14F3NS/c17-16(18,19)21-8-7-20-13-5-6-15-12(10-13)9-11-3-1-2-4-14(11)15/h1-6,10,20H,7-9H2. The van der Waals surface area contributed by atoms with Gasteiger partial charge < -0.3 is 5.32 Å². The minimum absolute atomic E-state index is 0.00556. The van der Waals surface area contributed by atoms with Gasteiger partial charge in [0.1, 0.15) is 0 Å². The monoisotopic (exact) mass is 309 g/mol. The molecule has 0 saturated heterocycles. The van der Waals surface area contributed by atoms with Crippen LogP contribution in [-0.2, 0) is 6.42 Å². The highest BCUT2D eigenvalue weighted by molar-refractivity contribution is 8.00. The second kappa shape index (κ2) is 5.64. The third-order valence-corrected chi connectivity index (χ3v) is 4.23. The van der Waals surface area contributed by atoms with E-state index >= 15 is 0 Å². The number of nitrogens with one attached hydrogen (secondary N) is 1. The molecule has 0 aliphatic heterocycles. The lowest BCUT2D eigenvalue weighted by Gasteiger charge is -2.09. The molecule has 5 heteroatoms. The van der Waals surface area contributed by atoms with Crippen LogP contribution in [0.3, 0.4) is 0 Å². The van der Waals surface area contributed by atoms with Crippen LogP contribution in [0, 0.1) is 0 Å². The van der Waals surface area contributed by atoms with Crippen LogP contribution in [0.2, 0.25) is 0 Å². The molecule has 0 bridgehead atoms. The maximum atomic E-state index is 12.0. The van der Waals surface area contributed by atoms with Crippen molar-refractivity contribution in [3.63, 3.8) is 0 Å². The van der Waals surface area contributed by atoms with Crippen LogP contribution >= 0.6 is 11.8 Å². The minimum atomic E-state index is -4.15. The van der Waals surface area contributed by atoms with Crippen molar-refractivity contribution >= 4 is 17.4 Å². The van der Waals surface area contributed by atoms with Crippen LogP contribution in [0.15, 0.2) is 42.5 Å². The summed E-state index contributed by atoms with van der Waals surface area (Å²) in [6.07, 6.45) is 0.887. The average Bonchev–Trinajstić information content (AvgIpc) is 2.80. The number of thioether (sulfide) groups is 1. The van der Waals surface area contributed by atoms with Gasteiger partial charge in [-0.3, -0.25) is 0 Å². The molecule has 0 spiro atoms. The number of fused-ring (bicyclic) bond motifs is 3. The zero-order valence-corrected chi connectivity index (χ0v) is 12.0. The second-order valence-corrected chi connectivity index (χ2v) is 6.09. The molecule has 0 saturated carbocycles. The molecule has 0 atom stereocenters. The maximum absolute atomic E-state index is 12.0. The number of alkyl halides is 3. The summed E-state index contributed by atoms with van der Waals surface area (Å²) in [4.78, 5) is 0. The Bertz CT molecular complexity index is 652. The largest absolute Gasteiger partial charge is 0.441 e. The van der Waals surface area contributed by atoms with E-state index in [1.807, 2.05) is 30.3 Å². The zero-order chi connectivity index (χ0) is 14.9. The lowest BCUT2D eigenvalue weighted by molar-refractivity contribution is -0.0327. The van der Waals surface area contributed by atoms with Gasteiger partial charge in [0.05, 0.1) is 0 Å². The quantitative estimate of drug-likeness (QED) is 0.686. The van der Waals surface area contributed by atoms with Gasteiger partial charge in [0.2, 0.25) is 0 Å². The van der Waals surface area contributed by atoms with Crippen LogP contribution in [0.4, 0.5) is 18.9 Å². The molecular weight excluding hydrogens is 295 g/mol. The number of halogens is 3. The van der Waals surface area contributed by atoms with Crippen LogP contribution < -0.4 is 5.32 Å². The molecule has 2 aromatic rings. The fraction of sp³-hybridized carbons (Fsp3) is 0.250. The van der Waals surface area contributed by atoms with Gasteiger partial charge in [-0.15, -0.1) is 0 Å².